The molecule has 1 N–H and O–H groups in total. The predicted octanol–water partition coefficient (Wildman–Crippen LogP) is 1.44. The number of aromatic nitrogens is 3. The Hall–Kier alpha value is -3.42. The number of anilines is 1. The maximum Gasteiger partial charge on any atom is 0.332 e. The number of hydrogen-bond acceptors (Lipinski definition) is 5. The van der Waals surface area contributed by atoms with Crippen molar-refractivity contribution in [2.45, 2.75) is 20.4 Å². The van der Waals surface area contributed by atoms with Crippen molar-refractivity contribution >= 4 is 22.6 Å². The predicted molar refractivity (Wildman–Crippen MR) is 102 cm³/mol. The van der Waals surface area contributed by atoms with Crippen LogP contribution in [0, 0.1) is 6.92 Å². The number of pyridine rings is 1. The lowest BCUT2D eigenvalue weighted by atomic mass is 10.2. The minimum atomic E-state index is -0.618. The summed E-state index contributed by atoms with van der Waals surface area (Å²) in [5.74, 6) is -0.143. The molecule has 0 spiro atoms. The maximum absolute atomic E-state index is 12.9. The summed E-state index contributed by atoms with van der Waals surface area (Å²) in [5, 5.41) is 2.86. The highest BCUT2D eigenvalue weighted by atomic mass is 16.5. The Balaban J connectivity index is 2.02. The van der Waals surface area contributed by atoms with Gasteiger partial charge in [0.2, 0.25) is 5.91 Å². The fraction of sp³-hybridized carbons (Fsp3) is 0.263. The third kappa shape index (κ3) is 3.59. The zero-order valence-electron chi connectivity index (χ0n) is 15.4. The topological polar surface area (TPSA) is 95.2 Å². The van der Waals surface area contributed by atoms with Crippen molar-refractivity contribution in [3.63, 3.8) is 0 Å². The van der Waals surface area contributed by atoms with Gasteiger partial charge in [-0.15, -0.1) is 0 Å². The molecule has 1 aromatic carbocycles. The number of aryl methyl sites for hydroxylation is 2. The van der Waals surface area contributed by atoms with E-state index in [0.29, 0.717) is 18.0 Å². The van der Waals surface area contributed by atoms with Crippen LogP contribution in [-0.2, 0) is 18.4 Å². The second-order valence-corrected chi connectivity index (χ2v) is 6.09. The lowest BCUT2D eigenvalue weighted by molar-refractivity contribution is -0.116. The van der Waals surface area contributed by atoms with Crippen LogP contribution >= 0.6 is 0 Å². The normalized spacial score (nSPS) is 10.8. The van der Waals surface area contributed by atoms with Crippen LogP contribution in [0.15, 0.2) is 46.1 Å². The third-order valence-electron chi connectivity index (χ3n) is 4.12. The van der Waals surface area contributed by atoms with Crippen LogP contribution in [0.25, 0.3) is 11.0 Å². The van der Waals surface area contributed by atoms with E-state index in [1.54, 1.807) is 25.1 Å². The molecule has 0 aliphatic carbocycles. The molecule has 8 heteroatoms. The van der Waals surface area contributed by atoms with Gasteiger partial charge in [0.1, 0.15) is 17.7 Å². The fourth-order valence-electron chi connectivity index (χ4n) is 2.78. The van der Waals surface area contributed by atoms with Crippen LogP contribution in [0.3, 0.4) is 0 Å². The lowest BCUT2D eigenvalue weighted by Gasteiger charge is -2.13. The van der Waals surface area contributed by atoms with Crippen molar-refractivity contribution in [1.29, 1.82) is 0 Å². The van der Waals surface area contributed by atoms with Gasteiger partial charge in [0.15, 0.2) is 5.65 Å². The van der Waals surface area contributed by atoms with Crippen molar-refractivity contribution in [3.8, 4) is 5.75 Å². The first kappa shape index (κ1) is 18.4. The van der Waals surface area contributed by atoms with E-state index >= 15 is 0 Å². The number of nitrogens with zero attached hydrogens (tertiary/aromatic N) is 3. The second kappa shape index (κ2) is 7.45. The largest absolute Gasteiger partial charge is 0.493 e. The van der Waals surface area contributed by atoms with Gasteiger partial charge >= 0.3 is 5.69 Å². The minimum absolute atomic E-state index is 0.171. The number of ether oxygens (including phenoxy) is 1. The monoisotopic (exact) mass is 368 g/mol. The molecule has 27 heavy (non-hydrogen) atoms. The van der Waals surface area contributed by atoms with Gasteiger partial charge in [-0.3, -0.25) is 14.2 Å². The van der Waals surface area contributed by atoms with E-state index in [-0.39, 0.29) is 11.0 Å². The summed E-state index contributed by atoms with van der Waals surface area (Å²) in [6.07, 6.45) is 1.47. The molecule has 0 atom stereocenters. The molecular formula is C19H20N4O4. The Bertz CT molecular complexity index is 1110. The first-order valence-corrected chi connectivity index (χ1v) is 8.50. The van der Waals surface area contributed by atoms with Crippen molar-refractivity contribution in [2.75, 3.05) is 11.9 Å². The molecule has 0 aliphatic rings. The van der Waals surface area contributed by atoms with Crippen LogP contribution in [-0.4, -0.2) is 26.6 Å². The molecule has 0 saturated carbocycles. The molecule has 3 rings (SSSR count). The first-order chi connectivity index (χ1) is 12.9. The standard InChI is InChI=1S/C19H20N4O4/c1-4-27-14-9-10-20-17-16(14)18(25)23(19(26)22(17)3)11-15(24)21-13-7-5-12(2)6-8-13/h5-10H,4,11H2,1-3H3,(H,21,24). The zero-order chi connectivity index (χ0) is 19.6. The van der Waals surface area contributed by atoms with Crippen molar-refractivity contribution in [3.05, 3.63) is 62.9 Å². The highest BCUT2D eigenvalue weighted by molar-refractivity contribution is 5.90. The van der Waals surface area contributed by atoms with E-state index in [9.17, 15) is 14.4 Å². The second-order valence-electron chi connectivity index (χ2n) is 6.09. The molecule has 3 aromatic rings. The van der Waals surface area contributed by atoms with Crippen LogP contribution in [0.5, 0.6) is 5.75 Å². The fourth-order valence-corrected chi connectivity index (χ4v) is 2.78. The SMILES string of the molecule is CCOc1ccnc2c1c(=O)n(CC(=O)Nc1ccc(C)cc1)c(=O)n2C. The van der Waals surface area contributed by atoms with Crippen molar-refractivity contribution < 1.29 is 9.53 Å². The molecule has 2 heterocycles. The van der Waals surface area contributed by atoms with Crippen molar-refractivity contribution in [2.24, 2.45) is 7.05 Å². The van der Waals surface area contributed by atoms with Gasteiger partial charge in [0.25, 0.3) is 5.56 Å². The van der Waals surface area contributed by atoms with E-state index < -0.39 is 23.7 Å². The van der Waals surface area contributed by atoms with Gasteiger partial charge in [-0.25, -0.2) is 14.3 Å². The summed E-state index contributed by atoms with van der Waals surface area (Å²) >= 11 is 0. The summed E-state index contributed by atoms with van der Waals surface area (Å²) in [4.78, 5) is 41.9. The number of hydrogen-bond donors (Lipinski definition) is 1. The summed E-state index contributed by atoms with van der Waals surface area (Å²) in [7, 11) is 1.50. The van der Waals surface area contributed by atoms with Crippen LogP contribution < -0.4 is 21.3 Å². The van der Waals surface area contributed by atoms with Crippen LogP contribution in [0.1, 0.15) is 12.5 Å². The summed E-state index contributed by atoms with van der Waals surface area (Å²) in [5.41, 5.74) is 0.638. The maximum atomic E-state index is 12.9. The molecule has 8 nitrogen and oxygen atoms in total. The molecule has 140 valence electrons. The molecule has 0 saturated heterocycles. The molecule has 0 fully saturated rings. The molecule has 0 radical (unpaired) electrons. The van der Waals surface area contributed by atoms with Crippen molar-refractivity contribution in [1.82, 2.24) is 14.1 Å². The molecule has 0 bridgehead atoms. The third-order valence-corrected chi connectivity index (χ3v) is 4.12. The average molecular weight is 368 g/mol. The van der Waals surface area contributed by atoms with Gasteiger partial charge in [0.05, 0.1) is 6.61 Å². The van der Waals surface area contributed by atoms with E-state index in [0.717, 1.165) is 10.1 Å². The summed E-state index contributed by atoms with van der Waals surface area (Å²) in [6, 6.07) is 8.79. The summed E-state index contributed by atoms with van der Waals surface area (Å²) < 4.78 is 7.61. The van der Waals surface area contributed by atoms with Gasteiger partial charge in [-0.1, -0.05) is 17.7 Å². The molecule has 0 aliphatic heterocycles. The quantitative estimate of drug-likeness (QED) is 0.735. The van der Waals surface area contributed by atoms with Crippen LogP contribution in [0.4, 0.5) is 5.69 Å². The molecule has 2 aromatic heterocycles. The van der Waals surface area contributed by atoms with E-state index in [2.05, 4.69) is 10.3 Å². The van der Waals surface area contributed by atoms with Gasteiger partial charge in [0, 0.05) is 18.9 Å². The Morgan fingerprint density at radius 1 is 1.19 bits per heavy atom. The Morgan fingerprint density at radius 2 is 1.89 bits per heavy atom. The van der Waals surface area contributed by atoms with Crippen LogP contribution in [0.2, 0.25) is 0 Å². The number of carbonyl (C=O) groups excluding carboxylic acids is 1. The highest BCUT2D eigenvalue weighted by Gasteiger charge is 2.18. The molecule has 1 amide bonds. The number of amides is 1. The van der Waals surface area contributed by atoms with Gasteiger partial charge in [-0.2, -0.15) is 0 Å². The Morgan fingerprint density at radius 3 is 2.56 bits per heavy atom. The Kier molecular flexibility index (Phi) is 5.07. The number of nitrogens with one attached hydrogen (secondary N) is 1. The highest BCUT2D eigenvalue weighted by Crippen LogP contribution is 2.19. The zero-order valence-corrected chi connectivity index (χ0v) is 15.4. The average Bonchev–Trinajstić information content (AvgIpc) is 2.65. The van der Waals surface area contributed by atoms with E-state index in [1.807, 2.05) is 19.1 Å². The van der Waals surface area contributed by atoms with E-state index in [1.165, 1.54) is 17.8 Å². The van der Waals surface area contributed by atoms with Gasteiger partial charge in [-0.05, 0) is 32.0 Å². The molecule has 0 unspecified atom stereocenters. The number of fused-ring (bicyclic) bond motifs is 1. The number of carbonyl (C=O) groups is 1. The Labute approximate surface area is 155 Å². The number of benzene rings is 1. The first-order valence-electron chi connectivity index (χ1n) is 8.50. The van der Waals surface area contributed by atoms with Gasteiger partial charge < -0.3 is 10.1 Å². The minimum Gasteiger partial charge on any atom is -0.493 e. The smallest absolute Gasteiger partial charge is 0.332 e. The number of rotatable bonds is 5. The molecular weight excluding hydrogens is 348 g/mol. The lowest BCUT2D eigenvalue weighted by Crippen LogP contribution is -2.42. The van der Waals surface area contributed by atoms with E-state index in [4.69, 9.17) is 4.74 Å². The summed E-state index contributed by atoms with van der Waals surface area (Å²) in [6.45, 7) is 3.68.